The van der Waals surface area contributed by atoms with Crippen LogP contribution in [0.2, 0.25) is 0 Å². The minimum atomic E-state index is -0.427. The molecule has 2 N–H and O–H groups in total. The van der Waals surface area contributed by atoms with Gasteiger partial charge in [-0.25, -0.2) is 4.79 Å². The average Bonchev–Trinajstić information content (AvgIpc) is 2.76. The molecule has 0 fully saturated rings. The van der Waals surface area contributed by atoms with Crippen molar-refractivity contribution in [1.82, 2.24) is 10.2 Å². The predicted molar refractivity (Wildman–Crippen MR) is 132 cm³/mol. The molecule has 6 nitrogen and oxygen atoms in total. The van der Waals surface area contributed by atoms with E-state index in [-0.39, 0.29) is 18.0 Å². The van der Waals surface area contributed by atoms with Crippen molar-refractivity contribution < 1.29 is 14.3 Å². The summed E-state index contributed by atoms with van der Waals surface area (Å²) >= 11 is 6.92. The smallest absolute Gasteiger partial charge is 0.338 e. The van der Waals surface area contributed by atoms with Gasteiger partial charge in [0.1, 0.15) is 0 Å². The van der Waals surface area contributed by atoms with Crippen molar-refractivity contribution in [1.29, 1.82) is 0 Å². The summed E-state index contributed by atoms with van der Waals surface area (Å²) in [6.07, 6.45) is -0.228. The second kappa shape index (κ2) is 10.7. The molecule has 0 spiro atoms. The maximum atomic E-state index is 12.8. The number of esters is 1. The molecule has 32 heavy (non-hydrogen) atoms. The highest BCUT2D eigenvalue weighted by Crippen LogP contribution is 2.31. The number of carbonyl (C=O) groups excluding carboxylic acids is 2. The number of hydrogen-bond acceptors (Lipinski definition) is 5. The molecule has 1 unspecified atom stereocenters. The van der Waals surface area contributed by atoms with Crippen LogP contribution in [0.1, 0.15) is 32.4 Å². The van der Waals surface area contributed by atoms with Crippen molar-refractivity contribution in [2.24, 2.45) is 0 Å². The number of carbonyl (C=O) groups is 2. The van der Waals surface area contributed by atoms with Crippen LogP contribution in [0.5, 0.6) is 0 Å². The second-order valence-electron chi connectivity index (χ2n) is 7.67. The zero-order valence-corrected chi connectivity index (χ0v) is 20.2. The number of rotatable bonds is 7. The molecule has 2 aromatic carbocycles. The summed E-state index contributed by atoms with van der Waals surface area (Å²) in [5, 5.41) is 6.66. The molecule has 0 saturated heterocycles. The number of ether oxygens (including phenoxy) is 1. The molecule has 1 atom stereocenters. The summed E-state index contributed by atoms with van der Waals surface area (Å²) in [4.78, 5) is 27.9. The Kier molecular flexibility index (Phi) is 7.93. The number of nitrogens with one attached hydrogen (secondary N) is 2. The van der Waals surface area contributed by atoms with Gasteiger partial charge in [0.25, 0.3) is 0 Å². The molecule has 1 heterocycles. The molecular weight excluding hydrogens is 442 g/mol. The molecule has 1 aliphatic rings. The van der Waals surface area contributed by atoms with Crippen LogP contribution in [-0.4, -0.2) is 40.8 Å². The molecule has 0 aliphatic carbocycles. The van der Waals surface area contributed by atoms with Crippen molar-refractivity contribution in [3.05, 3.63) is 71.4 Å². The molecule has 168 valence electrons. The van der Waals surface area contributed by atoms with Crippen LogP contribution in [-0.2, 0) is 14.3 Å². The van der Waals surface area contributed by atoms with Crippen LogP contribution in [0.4, 0.5) is 5.69 Å². The molecule has 2 aromatic rings. The molecule has 1 amide bonds. The van der Waals surface area contributed by atoms with Crippen LogP contribution >= 0.6 is 24.0 Å². The fraction of sp³-hybridized carbons (Fsp3) is 0.292. The molecule has 3 rings (SSSR count). The molecule has 1 aliphatic heterocycles. The third kappa shape index (κ3) is 5.89. The summed E-state index contributed by atoms with van der Waals surface area (Å²) in [7, 11) is 1.82. The maximum absolute atomic E-state index is 12.8. The number of allylic oxidation sites excluding steroid dienone is 1. The first kappa shape index (κ1) is 23.8. The Morgan fingerprint density at radius 2 is 1.81 bits per heavy atom. The van der Waals surface area contributed by atoms with Crippen molar-refractivity contribution in [2.45, 2.75) is 37.8 Å². The Bertz CT molecular complexity index is 1020. The lowest BCUT2D eigenvalue weighted by atomic mass is 9.95. The average molecular weight is 470 g/mol. The lowest BCUT2D eigenvalue weighted by molar-refractivity contribution is -0.143. The molecule has 0 saturated carbocycles. The number of amides is 1. The number of thiocarbonyl (C=S) groups is 1. The Hall–Kier alpha value is -2.84. The van der Waals surface area contributed by atoms with Gasteiger partial charge in [-0.05, 0) is 62.8 Å². The first-order chi connectivity index (χ1) is 15.3. The fourth-order valence-electron chi connectivity index (χ4n) is 3.25. The third-order valence-electron chi connectivity index (χ3n) is 4.96. The molecule has 0 radical (unpaired) electrons. The van der Waals surface area contributed by atoms with E-state index in [1.807, 2.05) is 82.4 Å². The van der Waals surface area contributed by atoms with E-state index >= 15 is 0 Å². The molecule has 8 heteroatoms. The van der Waals surface area contributed by atoms with Gasteiger partial charge in [-0.15, -0.1) is 11.8 Å². The highest BCUT2D eigenvalue weighted by Gasteiger charge is 2.33. The minimum Gasteiger partial charge on any atom is -0.459 e. The first-order valence-electron chi connectivity index (χ1n) is 10.3. The number of thioether (sulfide) groups is 1. The van der Waals surface area contributed by atoms with Crippen LogP contribution in [0.25, 0.3) is 0 Å². The van der Waals surface area contributed by atoms with Crippen molar-refractivity contribution in [3.8, 4) is 0 Å². The lowest BCUT2D eigenvalue weighted by Gasteiger charge is -2.35. The Balaban J connectivity index is 1.72. The molecule has 0 bridgehead atoms. The lowest BCUT2D eigenvalue weighted by Crippen LogP contribution is -2.46. The van der Waals surface area contributed by atoms with E-state index in [1.165, 1.54) is 11.8 Å². The van der Waals surface area contributed by atoms with Crippen molar-refractivity contribution >= 4 is 46.7 Å². The maximum Gasteiger partial charge on any atom is 0.338 e. The van der Waals surface area contributed by atoms with Crippen LogP contribution in [0.15, 0.2) is 70.8 Å². The van der Waals surface area contributed by atoms with Crippen LogP contribution < -0.4 is 10.6 Å². The first-order valence-corrected chi connectivity index (χ1v) is 11.7. The SMILES string of the molecule is CC1=C(C(=O)OC(C)C)C(c2ccc(NC(=O)CSc3ccccc3)cc2)NC(=S)N1C. The van der Waals surface area contributed by atoms with E-state index in [0.29, 0.717) is 22.1 Å². The largest absolute Gasteiger partial charge is 0.459 e. The summed E-state index contributed by atoms with van der Waals surface area (Å²) in [6.45, 7) is 5.50. The normalized spacial score (nSPS) is 16.1. The second-order valence-corrected chi connectivity index (χ2v) is 9.10. The van der Waals surface area contributed by atoms with Gasteiger partial charge in [-0.3, -0.25) is 4.79 Å². The topological polar surface area (TPSA) is 70.7 Å². The van der Waals surface area contributed by atoms with E-state index in [2.05, 4.69) is 10.6 Å². The zero-order chi connectivity index (χ0) is 23.3. The monoisotopic (exact) mass is 469 g/mol. The summed E-state index contributed by atoms with van der Waals surface area (Å²) in [5.41, 5.74) is 2.81. The summed E-state index contributed by atoms with van der Waals surface area (Å²) < 4.78 is 5.47. The standard InChI is InChI=1S/C24H27N3O3S2/c1-15(2)30-23(29)21-16(3)27(4)24(31)26-22(21)17-10-12-18(13-11-17)25-20(28)14-32-19-8-6-5-7-9-19/h5-13,15,22H,14H2,1-4H3,(H,25,28)(H,26,31). The fourth-order valence-corrected chi connectivity index (χ4v) is 4.22. The number of hydrogen-bond donors (Lipinski definition) is 2. The van der Waals surface area contributed by atoms with Gasteiger partial charge in [-0.2, -0.15) is 0 Å². The zero-order valence-electron chi connectivity index (χ0n) is 18.5. The Morgan fingerprint density at radius 1 is 1.16 bits per heavy atom. The highest BCUT2D eigenvalue weighted by molar-refractivity contribution is 8.00. The van der Waals surface area contributed by atoms with Gasteiger partial charge in [0.05, 0.1) is 23.5 Å². The van der Waals surface area contributed by atoms with E-state index < -0.39 is 6.04 Å². The van der Waals surface area contributed by atoms with Gasteiger partial charge < -0.3 is 20.3 Å². The van der Waals surface area contributed by atoms with E-state index in [1.54, 1.807) is 4.90 Å². The van der Waals surface area contributed by atoms with E-state index in [4.69, 9.17) is 17.0 Å². The van der Waals surface area contributed by atoms with Crippen molar-refractivity contribution in [3.63, 3.8) is 0 Å². The predicted octanol–water partition coefficient (Wildman–Crippen LogP) is 4.50. The molecular formula is C24H27N3O3S2. The Labute approximate surface area is 198 Å². The van der Waals surface area contributed by atoms with Crippen LogP contribution in [0.3, 0.4) is 0 Å². The van der Waals surface area contributed by atoms with E-state index in [9.17, 15) is 9.59 Å². The van der Waals surface area contributed by atoms with Gasteiger partial charge in [0.15, 0.2) is 5.11 Å². The summed E-state index contributed by atoms with van der Waals surface area (Å²) in [6, 6.07) is 16.8. The quantitative estimate of drug-likeness (QED) is 0.351. The number of anilines is 1. The van der Waals surface area contributed by atoms with E-state index in [0.717, 1.165) is 16.2 Å². The van der Waals surface area contributed by atoms with Crippen molar-refractivity contribution in [2.75, 3.05) is 18.1 Å². The van der Waals surface area contributed by atoms with Gasteiger partial charge in [0, 0.05) is 23.3 Å². The summed E-state index contributed by atoms with van der Waals surface area (Å²) in [5.74, 6) is -0.134. The number of benzene rings is 2. The van der Waals surface area contributed by atoms with Crippen LogP contribution in [0, 0.1) is 0 Å². The highest BCUT2D eigenvalue weighted by atomic mass is 32.2. The molecule has 0 aromatic heterocycles. The Morgan fingerprint density at radius 3 is 2.44 bits per heavy atom. The van der Waals surface area contributed by atoms with Gasteiger partial charge in [0.2, 0.25) is 5.91 Å². The van der Waals surface area contributed by atoms with Gasteiger partial charge >= 0.3 is 5.97 Å². The van der Waals surface area contributed by atoms with Gasteiger partial charge in [-0.1, -0.05) is 30.3 Å². The minimum absolute atomic E-state index is 0.0814. The third-order valence-corrected chi connectivity index (χ3v) is 6.36. The number of nitrogens with zero attached hydrogens (tertiary/aromatic N) is 1.